The van der Waals surface area contributed by atoms with E-state index >= 15 is 0 Å². The second-order valence-corrected chi connectivity index (χ2v) is 7.81. The number of hydrogen-bond acceptors (Lipinski definition) is 5. The zero-order chi connectivity index (χ0) is 17.6. The van der Waals surface area contributed by atoms with Gasteiger partial charge in [0.25, 0.3) is 0 Å². The van der Waals surface area contributed by atoms with Crippen LogP contribution in [0.4, 0.5) is 5.69 Å². The molecule has 2 aliphatic rings. The molecule has 0 aromatic heterocycles. The van der Waals surface area contributed by atoms with Crippen LogP contribution in [0, 0.1) is 0 Å². The number of carbonyl (C=O) groups is 2. The summed E-state index contributed by atoms with van der Waals surface area (Å²) >= 11 is 2.03. The van der Waals surface area contributed by atoms with Crippen molar-refractivity contribution in [2.45, 2.75) is 18.9 Å². The zero-order valence-corrected chi connectivity index (χ0v) is 15.1. The maximum atomic E-state index is 12.2. The number of carbonyl (C=O) groups excluding carboxylic acids is 1. The Morgan fingerprint density at radius 2 is 1.88 bits per heavy atom. The highest BCUT2D eigenvalue weighted by atomic mass is 32.2. The average molecular weight is 363 g/mol. The molecule has 3 rings (SSSR count). The lowest BCUT2D eigenvalue weighted by atomic mass is 10.0. The highest BCUT2D eigenvalue weighted by Crippen LogP contribution is 2.20. The SMILES string of the molecule is O=C(CN1CCC(N2CCSCC2)CC1)Nc1cccc(C(=O)O)c1. The summed E-state index contributed by atoms with van der Waals surface area (Å²) in [6.07, 6.45) is 2.24. The Bertz CT molecular complexity index is 611. The Balaban J connectivity index is 1.44. The lowest BCUT2D eigenvalue weighted by molar-refractivity contribution is -0.117. The molecule has 7 heteroatoms. The van der Waals surface area contributed by atoms with Crippen molar-refractivity contribution in [3.8, 4) is 0 Å². The van der Waals surface area contributed by atoms with Gasteiger partial charge in [0, 0.05) is 49.4 Å². The van der Waals surface area contributed by atoms with Gasteiger partial charge >= 0.3 is 5.97 Å². The van der Waals surface area contributed by atoms with E-state index in [1.54, 1.807) is 12.1 Å². The fraction of sp³-hybridized carbons (Fsp3) is 0.556. The molecule has 2 aliphatic heterocycles. The lowest BCUT2D eigenvalue weighted by Gasteiger charge is -2.39. The second-order valence-electron chi connectivity index (χ2n) is 6.59. The molecule has 0 unspecified atom stereocenters. The first-order chi connectivity index (χ1) is 12.1. The molecular weight excluding hydrogens is 338 g/mol. The number of likely N-dealkylation sites (tertiary alicyclic amines) is 1. The van der Waals surface area contributed by atoms with Crippen molar-refractivity contribution in [3.05, 3.63) is 29.8 Å². The maximum absolute atomic E-state index is 12.2. The number of thioether (sulfide) groups is 1. The highest BCUT2D eigenvalue weighted by Gasteiger charge is 2.26. The van der Waals surface area contributed by atoms with Crippen LogP contribution in [0.5, 0.6) is 0 Å². The number of piperidine rings is 1. The van der Waals surface area contributed by atoms with E-state index in [0.717, 1.165) is 25.9 Å². The first-order valence-electron chi connectivity index (χ1n) is 8.79. The number of rotatable bonds is 5. The quantitative estimate of drug-likeness (QED) is 0.832. The number of hydrogen-bond donors (Lipinski definition) is 2. The van der Waals surface area contributed by atoms with Gasteiger partial charge in [-0.05, 0) is 31.0 Å². The minimum atomic E-state index is -0.991. The maximum Gasteiger partial charge on any atom is 0.335 e. The van der Waals surface area contributed by atoms with Crippen molar-refractivity contribution < 1.29 is 14.7 Å². The molecule has 0 bridgehead atoms. The van der Waals surface area contributed by atoms with E-state index in [0.29, 0.717) is 18.3 Å². The summed E-state index contributed by atoms with van der Waals surface area (Å²) in [5, 5.41) is 11.8. The second kappa shape index (κ2) is 8.69. The fourth-order valence-electron chi connectivity index (χ4n) is 3.52. The van der Waals surface area contributed by atoms with Gasteiger partial charge in [0.2, 0.25) is 5.91 Å². The van der Waals surface area contributed by atoms with Crippen LogP contribution in [0.1, 0.15) is 23.2 Å². The summed E-state index contributed by atoms with van der Waals surface area (Å²) in [6.45, 7) is 4.62. The topological polar surface area (TPSA) is 72.9 Å². The zero-order valence-electron chi connectivity index (χ0n) is 14.3. The van der Waals surface area contributed by atoms with Gasteiger partial charge in [-0.25, -0.2) is 4.79 Å². The lowest BCUT2D eigenvalue weighted by Crippen LogP contribution is -2.49. The summed E-state index contributed by atoms with van der Waals surface area (Å²) in [5.74, 6) is 1.39. The number of nitrogens with zero attached hydrogens (tertiary/aromatic N) is 2. The smallest absolute Gasteiger partial charge is 0.335 e. The first kappa shape index (κ1) is 18.2. The van der Waals surface area contributed by atoms with E-state index in [4.69, 9.17) is 5.11 Å². The Kier molecular flexibility index (Phi) is 6.34. The van der Waals surface area contributed by atoms with Crippen LogP contribution in [-0.4, -0.2) is 77.1 Å². The van der Waals surface area contributed by atoms with E-state index in [2.05, 4.69) is 15.1 Å². The number of anilines is 1. The summed E-state index contributed by atoms with van der Waals surface area (Å²) < 4.78 is 0. The van der Waals surface area contributed by atoms with Crippen molar-refractivity contribution in [1.29, 1.82) is 0 Å². The van der Waals surface area contributed by atoms with Gasteiger partial charge in [-0.2, -0.15) is 11.8 Å². The number of aromatic carboxylic acids is 1. The van der Waals surface area contributed by atoms with E-state index in [1.165, 1.54) is 36.7 Å². The minimum Gasteiger partial charge on any atom is -0.478 e. The summed E-state index contributed by atoms with van der Waals surface area (Å²) in [4.78, 5) is 28.0. The predicted molar refractivity (Wildman–Crippen MR) is 100 cm³/mol. The van der Waals surface area contributed by atoms with Gasteiger partial charge in [0.05, 0.1) is 12.1 Å². The molecule has 136 valence electrons. The van der Waals surface area contributed by atoms with Crippen LogP contribution in [0.3, 0.4) is 0 Å². The minimum absolute atomic E-state index is 0.0876. The Labute approximate surface area is 152 Å². The third kappa shape index (κ3) is 5.20. The first-order valence-corrected chi connectivity index (χ1v) is 9.94. The van der Waals surface area contributed by atoms with Crippen LogP contribution >= 0.6 is 11.8 Å². The van der Waals surface area contributed by atoms with E-state index in [9.17, 15) is 9.59 Å². The van der Waals surface area contributed by atoms with Gasteiger partial charge in [-0.3, -0.25) is 14.6 Å². The molecule has 0 radical (unpaired) electrons. The molecule has 1 amide bonds. The molecule has 0 atom stereocenters. The Morgan fingerprint density at radius 3 is 2.56 bits per heavy atom. The monoisotopic (exact) mass is 363 g/mol. The van der Waals surface area contributed by atoms with Crippen molar-refractivity contribution in [2.75, 3.05) is 49.5 Å². The molecule has 1 aromatic carbocycles. The van der Waals surface area contributed by atoms with Gasteiger partial charge in [-0.15, -0.1) is 0 Å². The molecule has 2 N–H and O–H groups in total. The van der Waals surface area contributed by atoms with E-state index < -0.39 is 5.97 Å². The average Bonchev–Trinajstić information content (AvgIpc) is 2.63. The molecule has 1 aromatic rings. The molecule has 2 fully saturated rings. The van der Waals surface area contributed by atoms with Crippen molar-refractivity contribution in [2.24, 2.45) is 0 Å². The number of amides is 1. The molecule has 2 saturated heterocycles. The summed E-state index contributed by atoms with van der Waals surface area (Å²) in [6, 6.07) is 7.02. The Hall–Kier alpha value is -1.57. The normalized spacial score (nSPS) is 20.3. The molecular formula is C18H25N3O3S. The van der Waals surface area contributed by atoms with E-state index in [-0.39, 0.29) is 11.5 Å². The Morgan fingerprint density at radius 1 is 1.16 bits per heavy atom. The highest BCUT2D eigenvalue weighted by molar-refractivity contribution is 7.99. The number of benzene rings is 1. The molecule has 0 spiro atoms. The van der Waals surface area contributed by atoms with Crippen LogP contribution in [0.2, 0.25) is 0 Å². The summed E-state index contributed by atoms with van der Waals surface area (Å²) in [7, 11) is 0. The third-order valence-electron chi connectivity index (χ3n) is 4.88. The molecule has 2 heterocycles. The van der Waals surface area contributed by atoms with Crippen molar-refractivity contribution in [1.82, 2.24) is 9.80 Å². The summed E-state index contributed by atoms with van der Waals surface area (Å²) in [5.41, 5.74) is 0.712. The van der Waals surface area contributed by atoms with E-state index in [1.807, 2.05) is 11.8 Å². The van der Waals surface area contributed by atoms with Gasteiger partial charge < -0.3 is 10.4 Å². The van der Waals surface area contributed by atoms with Crippen LogP contribution < -0.4 is 5.32 Å². The largest absolute Gasteiger partial charge is 0.478 e. The van der Waals surface area contributed by atoms with Crippen LogP contribution in [0.15, 0.2) is 24.3 Å². The standard InChI is InChI=1S/C18H25N3O3S/c22-17(19-15-3-1-2-14(12-15)18(23)24)13-20-6-4-16(5-7-20)21-8-10-25-11-9-21/h1-3,12,16H,4-11,13H2,(H,19,22)(H,23,24). The number of carboxylic acid groups (broad SMARTS) is 1. The molecule has 6 nitrogen and oxygen atoms in total. The van der Waals surface area contributed by atoms with Gasteiger partial charge in [0.15, 0.2) is 0 Å². The van der Waals surface area contributed by atoms with Crippen LogP contribution in [-0.2, 0) is 4.79 Å². The number of carboxylic acids is 1. The third-order valence-corrected chi connectivity index (χ3v) is 5.82. The van der Waals surface area contributed by atoms with Crippen molar-refractivity contribution in [3.63, 3.8) is 0 Å². The molecule has 25 heavy (non-hydrogen) atoms. The van der Waals surface area contributed by atoms with Gasteiger partial charge in [0.1, 0.15) is 0 Å². The fourth-order valence-corrected chi connectivity index (χ4v) is 4.45. The molecule has 0 saturated carbocycles. The molecule has 0 aliphatic carbocycles. The predicted octanol–water partition coefficient (Wildman–Crippen LogP) is 1.84. The van der Waals surface area contributed by atoms with Crippen LogP contribution in [0.25, 0.3) is 0 Å². The van der Waals surface area contributed by atoms with Crippen molar-refractivity contribution >= 4 is 29.3 Å². The van der Waals surface area contributed by atoms with Gasteiger partial charge in [-0.1, -0.05) is 6.07 Å². The number of nitrogens with one attached hydrogen (secondary N) is 1.